The van der Waals surface area contributed by atoms with Crippen molar-refractivity contribution in [1.29, 1.82) is 0 Å². The molecule has 6 heteroatoms. The maximum Gasteiger partial charge on any atom is 0.229 e. The predicted octanol–water partition coefficient (Wildman–Crippen LogP) is 3.51. The summed E-state index contributed by atoms with van der Waals surface area (Å²) in [5.74, 6) is 2.41. The van der Waals surface area contributed by atoms with Gasteiger partial charge in [-0.3, -0.25) is 4.90 Å². The summed E-state index contributed by atoms with van der Waals surface area (Å²) in [6.07, 6.45) is 3.91. The topological polar surface area (TPSA) is 62.4 Å². The van der Waals surface area contributed by atoms with E-state index >= 15 is 0 Å². The monoisotopic (exact) mass is 347 g/mol. The van der Waals surface area contributed by atoms with Crippen LogP contribution in [0.3, 0.4) is 0 Å². The number of benzene rings is 1. The van der Waals surface area contributed by atoms with Crippen LogP contribution in [-0.2, 0) is 0 Å². The van der Waals surface area contributed by atoms with Crippen molar-refractivity contribution in [2.45, 2.75) is 43.6 Å². The number of aromatic nitrogens is 2. The second-order valence-electron chi connectivity index (χ2n) is 6.90. The quantitative estimate of drug-likeness (QED) is 0.896. The zero-order valence-corrected chi connectivity index (χ0v) is 14.3. The van der Waals surface area contributed by atoms with E-state index < -0.39 is 6.10 Å². The molecule has 1 aliphatic carbocycles. The number of hydrogen-bond acceptors (Lipinski definition) is 5. The number of hydrogen-bond donors (Lipinski definition) is 1. The molecule has 2 fully saturated rings. The van der Waals surface area contributed by atoms with Gasteiger partial charge in [0.15, 0.2) is 5.82 Å². The van der Waals surface area contributed by atoms with Gasteiger partial charge in [0.25, 0.3) is 0 Å². The van der Waals surface area contributed by atoms with Crippen LogP contribution in [0, 0.1) is 0 Å². The molecule has 1 aromatic carbocycles. The van der Waals surface area contributed by atoms with Gasteiger partial charge in [0.2, 0.25) is 5.89 Å². The minimum atomic E-state index is -0.579. The Labute approximate surface area is 146 Å². The molecule has 1 N–H and O–H groups in total. The lowest BCUT2D eigenvalue weighted by molar-refractivity contribution is 0.0943. The molecule has 2 heterocycles. The van der Waals surface area contributed by atoms with Gasteiger partial charge in [-0.1, -0.05) is 35.0 Å². The number of halogens is 1. The van der Waals surface area contributed by atoms with Crippen LogP contribution in [-0.4, -0.2) is 39.8 Å². The third-order valence-electron chi connectivity index (χ3n) is 4.95. The van der Waals surface area contributed by atoms with Crippen LogP contribution in [0.4, 0.5) is 0 Å². The SMILES string of the molecule is O[C@@H](CN1CCC[C@H](c2noc(C3CC3)n2)C1)c1ccccc1Cl. The fraction of sp³-hybridized carbons (Fsp3) is 0.556. The Balaban J connectivity index is 1.40. The zero-order chi connectivity index (χ0) is 16.5. The van der Waals surface area contributed by atoms with E-state index in [-0.39, 0.29) is 5.92 Å². The summed E-state index contributed by atoms with van der Waals surface area (Å²) >= 11 is 6.19. The summed E-state index contributed by atoms with van der Waals surface area (Å²) in [6, 6.07) is 7.48. The van der Waals surface area contributed by atoms with E-state index in [4.69, 9.17) is 16.1 Å². The van der Waals surface area contributed by atoms with E-state index in [1.165, 1.54) is 12.8 Å². The molecule has 0 spiro atoms. The standard InChI is InChI=1S/C18H22ClN3O2/c19-15-6-2-1-5-14(15)16(23)11-22-9-3-4-13(10-22)17-20-18(24-21-17)12-7-8-12/h1-2,5-6,12-13,16,23H,3-4,7-11H2/t13-,16-/m0/s1. The largest absolute Gasteiger partial charge is 0.387 e. The highest BCUT2D eigenvalue weighted by atomic mass is 35.5. The smallest absolute Gasteiger partial charge is 0.229 e. The van der Waals surface area contributed by atoms with Gasteiger partial charge in [0, 0.05) is 35.5 Å². The summed E-state index contributed by atoms with van der Waals surface area (Å²) in [5.41, 5.74) is 0.789. The predicted molar refractivity (Wildman–Crippen MR) is 91.1 cm³/mol. The molecule has 0 amide bonds. The molecule has 24 heavy (non-hydrogen) atoms. The third kappa shape index (κ3) is 3.48. The molecule has 1 saturated carbocycles. The van der Waals surface area contributed by atoms with Crippen LogP contribution in [0.5, 0.6) is 0 Å². The van der Waals surface area contributed by atoms with Crippen LogP contribution >= 0.6 is 11.6 Å². The maximum absolute atomic E-state index is 10.5. The Hall–Kier alpha value is -1.43. The number of aliphatic hydroxyl groups is 1. The van der Waals surface area contributed by atoms with Crippen molar-refractivity contribution in [3.05, 3.63) is 46.6 Å². The van der Waals surface area contributed by atoms with Gasteiger partial charge in [-0.25, -0.2) is 0 Å². The average Bonchev–Trinajstić information content (AvgIpc) is 3.32. The van der Waals surface area contributed by atoms with Crippen molar-refractivity contribution in [3.8, 4) is 0 Å². The molecule has 1 saturated heterocycles. The highest BCUT2D eigenvalue weighted by Gasteiger charge is 2.32. The van der Waals surface area contributed by atoms with Crippen molar-refractivity contribution in [2.24, 2.45) is 0 Å². The van der Waals surface area contributed by atoms with Gasteiger partial charge in [0.05, 0.1) is 6.10 Å². The van der Waals surface area contributed by atoms with Crippen molar-refractivity contribution in [2.75, 3.05) is 19.6 Å². The minimum Gasteiger partial charge on any atom is -0.387 e. The molecule has 1 aliphatic heterocycles. The lowest BCUT2D eigenvalue weighted by Gasteiger charge is -2.32. The molecule has 0 bridgehead atoms. The van der Waals surface area contributed by atoms with Crippen molar-refractivity contribution >= 4 is 11.6 Å². The summed E-state index contributed by atoms with van der Waals surface area (Å²) in [5, 5.41) is 15.3. The number of piperidine rings is 1. The van der Waals surface area contributed by atoms with Crippen LogP contribution < -0.4 is 0 Å². The maximum atomic E-state index is 10.5. The summed E-state index contributed by atoms with van der Waals surface area (Å²) in [6.45, 7) is 2.41. The number of β-amino-alcohol motifs (C(OH)–C–C–N with tert-alkyl or cyclic N) is 1. The second-order valence-corrected chi connectivity index (χ2v) is 7.31. The Morgan fingerprint density at radius 1 is 1.25 bits per heavy atom. The molecule has 2 aromatic rings. The molecule has 0 radical (unpaired) electrons. The Morgan fingerprint density at radius 2 is 2.08 bits per heavy atom. The van der Waals surface area contributed by atoms with Crippen LogP contribution in [0.25, 0.3) is 0 Å². The summed E-state index contributed by atoms with van der Waals surface area (Å²) < 4.78 is 5.40. The first-order chi connectivity index (χ1) is 11.7. The second kappa shape index (κ2) is 6.82. The van der Waals surface area contributed by atoms with Gasteiger partial charge >= 0.3 is 0 Å². The molecule has 2 aliphatic rings. The van der Waals surface area contributed by atoms with E-state index in [0.29, 0.717) is 17.5 Å². The Bertz CT molecular complexity index is 701. The van der Waals surface area contributed by atoms with E-state index in [0.717, 1.165) is 43.2 Å². The molecular weight excluding hydrogens is 326 g/mol. The highest BCUT2D eigenvalue weighted by molar-refractivity contribution is 6.31. The Kier molecular flexibility index (Phi) is 4.57. The lowest BCUT2D eigenvalue weighted by atomic mass is 9.96. The van der Waals surface area contributed by atoms with Gasteiger partial charge < -0.3 is 9.63 Å². The van der Waals surface area contributed by atoms with Crippen LogP contribution in [0.15, 0.2) is 28.8 Å². The fourth-order valence-electron chi connectivity index (χ4n) is 3.43. The molecule has 0 unspecified atom stereocenters. The van der Waals surface area contributed by atoms with Gasteiger partial charge in [0.1, 0.15) is 0 Å². The highest BCUT2D eigenvalue weighted by Crippen LogP contribution is 2.39. The molecule has 1 aromatic heterocycles. The number of nitrogens with zero attached hydrogens (tertiary/aromatic N) is 3. The number of likely N-dealkylation sites (tertiary alicyclic amines) is 1. The third-order valence-corrected chi connectivity index (χ3v) is 5.29. The zero-order valence-electron chi connectivity index (χ0n) is 13.6. The van der Waals surface area contributed by atoms with Crippen molar-refractivity contribution in [1.82, 2.24) is 15.0 Å². The fourth-order valence-corrected chi connectivity index (χ4v) is 3.69. The molecular formula is C18H22ClN3O2. The first-order valence-electron chi connectivity index (χ1n) is 8.69. The molecule has 4 rings (SSSR count). The van der Waals surface area contributed by atoms with Gasteiger partial charge in [-0.05, 0) is 38.3 Å². The summed E-state index contributed by atoms with van der Waals surface area (Å²) in [4.78, 5) is 6.87. The normalized spacial score (nSPS) is 23.3. The van der Waals surface area contributed by atoms with Crippen molar-refractivity contribution in [3.63, 3.8) is 0 Å². The molecule has 2 atom stereocenters. The van der Waals surface area contributed by atoms with Gasteiger partial charge in [-0.15, -0.1) is 0 Å². The summed E-state index contributed by atoms with van der Waals surface area (Å²) in [7, 11) is 0. The number of aliphatic hydroxyl groups excluding tert-OH is 1. The van der Waals surface area contributed by atoms with Gasteiger partial charge in [-0.2, -0.15) is 4.98 Å². The first kappa shape index (κ1) is 16.1. The van der Waals surface area contributed by atoms with E-state index in [1.807, 2.05) is 24.3 Å². The van der Waals surface area contributed by atoms with Crippen molar-refractivity contribution < 1.29 is 9.63 Å². The molecule has 128 valence electrons. The lowest BCUT2D eigenvalue weighted by Crippen LogP contribution is -2.37. The van der Waals surface area contributed by atoms with E-state index in [1.54, 1.807) is 0 Å². The molecule has 5 nitrogen and oxygen atoms in total. The van der Waals surface area contributed by atoms with Crippen LogP contribution in [0.2, 0.25) is 5.02 Å². The van der Waals surface area contributed by atoms with E-state index in [9.17, 15) is 5.11 Å². The van der Waals surface area contributed by atoms with E-state index in [2.05, 4.69) is 15.0 Å². The average molecular weight is 348 g/mol. The first-order valence-corrected chi connectivity index (χ1v) is 9.07. The number of rotatable bonds is 5. The minimum absolute atomic E-state index is 0.286. The van der Waals surface area contributed by atoms with Crippen LogP contribution in [0.1, 0.15) is 60.9 Å². The Morgan fingerprint density at radius 3 is 2.88 bits per heavy atom.